The molecule has 0 heterocycles. The molecule has 0 atom stereocenters. The van der Waals surface area contributed by atoms with E-state index < -0.39 is 0 Å². The summed E-state index contributed by atoms with van der Waals surface area (Å²) in [6.07, 6.45) is 2.04. The van der Waals surface area contributed by atoms with Gasteiger partial charge in [0.25, 0.3) is 5.91 Å². The third-order valence-electron chi connectivity index (χ3n) is 3.11. The van der Waals surface area contributed by atoms with Crippen LogP contribution in [0.1, 0.15) is 22.8 Å². The Balaban J connectivity index is 1.98. The van der Waals surface area contributed by atoms with Crippen molar-refractivity contribution in [1.82, 2.24) is 5.32 Å². The van der Waals surface area contributed by atoms with Crippen LogP contribution in [0.5, 0.6) is 5.75 Å². The van der Waals surface area contributed by atoms with E-state index in [-0.39, 0.29) is 5.91 Å². The van der Waals surface area contributed by atoms with Gasteiger partial charge in [0.05, 0.1) is 11.1 Å². The molecule has 0 bridgehead atoms. The smallest absolute Gasteiger partial charge is 0.251 e. The molecular formula is C17H18BrNO2S. The Morgan fingerprint density at radius 1 is 1.23 bits per heavy atom. The van der Waals surface area contributed by atoms with E-state index in [0.29, 0.717) is 18.7 Å². The molecule has 0 unspecified atom stereocenters. The number of halogens is 1. The molecule has 0 aliphatic carbocycles. The molecule has 5 heteroatoms. The lowest BCUT2D eigenvalue weighted by Gasteiger charge is -2.09. The van der Waals surface area contributed by atoms with Crippen LogP contribution in [0.15, 0.2) is 51.8 Å². The van der Waals surface area contributed by atoms with Gasteiger partial charge in [-0.15, -0.1) is 11.8 Å². The van der Waals surface area contributed by atoms with Gasteiger partial charge in [-0.2, -0.15) is 0 Å². The lowest BCUT2D eigenvalue weighted by molar-refractivity contribution is 0.0951. The lowest BCUT2D eigenvalue weighted by atomic mass is 10.2. The first-order valence-corrected chi connectivity index (χ1v) is 8.99. The summed E-state index contributed by atoms with van der Waals surface area (Å²) >= 11 is 5.12. The summed E-state index contributed by atoms with van der Waals surface area (Å²) in [6.45, 7) is 3.03. The van der Waals surface area contributed by atoms with Crippen LogP contribution < -0.4 is 10.1 Å². The number of nitrogens with one attached hydrogen (secondary N) is 1. The molecule has 0 spiro atoms. The summed E-state index contributed by atoms with van der Waals surface area (Å²) in [5, 5.41) is 2.92. The molecule has 22 heavy (non-hydrogen) atoms. The van der Waals surface area contributed by atoms with Gasteiger partial charge in [-0.3, -0.25) is 4.79 Å². The average Bonchev–Trinajstić information content (AvgIpc) is 2.55. The summed E-state index contributed by atoms with van der Waals surface area (Å²) in [5.74, 6) is 0.643. The highest BCUT2D eigenvalue weighted by Gasteiger charge is 2.09. The van der Waals surface area contributed by atoms with E-state index in [1.54, 1.807) is 30.0 Å². The predicted molar refractivity (Wildman–Crippen MR) is 94.7 cm³/mol. The molecule has 1 N–H and O–H groups in total. The highest BCUT2D eigenvalue weighted by molar-refractivity contribution is 9.10. The van der Waals surface area contributed by atoms with Gasteiger partial charge in [-0.1, -0.05) is 12.1 Å². The Bertz CT molecular complexity index is 644. The number of thioether (sulfide) groups is 1. The number of hydrogen-bond acceptors (Lipinski definition) is 3. The molecule has 0 aromatic heterocycles. The van der Waals surface area contributed by atoms with Crippen molar-refractivity contribution in [3.63, 3.8) is 0 Å². The number of carbonyl (C=O) groups excluding carboxylic acids is 1. The highest BCUT2D eigenvalue weighted by Crippen LogP contribution is 2.26. The number of rotatable bonds is 6. The SMILES string of the molecule is CCOc1ccc(C(=O)NCc2ccc(SC)cc2)cc1Br. The molecule has 116 valence electrons. The molecule has 0 aliphatic rings. The second kappa shape index (κ2) is 8.25. The molecule has 3 nitrogen and oxygen atoms in total. The maximum Gasteiger partial charge on any atom is 0.251 e. The molecular weight excluding hydrogens is 362 g/mol. The summed E-state index contributed by atoms with van der Waals surface area (Å²) < 4.78 is 6.23. The van der Waals surface area contributed by atoms with Gasteiger partial charge in [-0.25, -0.2) is 0 Å². The number of benzene rings is 2. The zero-order valence-electron chi connectivity index (χ0n) is 12.6. The van der Waals surface area contributed by atoms with Crippen LogP contribution in [0.3, 0.4) is 0 Å². The lowest BCUT2D eigenvalue weighted by Crippen LogP contribution is -2.22. The van der Waals surface area contributed by atoms with E-state index in [4.69, 9.17) is 4.74 Å². The Morgan fingerprint density at radius 2 is 1.95 bits per heavy atom. The maximum atomic E-state index is 12.2. The summed E-state index contributed by atoms with van der Waals surface area (Å²) in [7, 11) is 0. The van der Waals surface area contributed by atoms with Crippen molar-refractivity contribution in [3.05, 3.63) is 58.1 Å². The fraction of sp³-hybridized carbons (Fsp3) is 0.235. The minimum absolute atomic E-state index is 0.0994. The van der Waals surface area contributed by atoms with Crippen molar-refractivity contribution in [1.29, 1.82) is 0 Å². The van der Waals surface area contributed by atoms with Crippen molar-refractivity contribution in [2.45, 2.75) is 18.4 Å². The van der Waals surface area contributed by atoms with E-state index in [0.717, 1.165) is 15.8 Å². The van der Waals surface area contributed by atoms with Crippen molar-refractivity contribution in [2.75, 3.05) is 12.9 Å². The number of ether oxygens (including phenoxy) is 1. The molecule has 2 rings (SSSR count). The Morgan fingerprint density at radius 3 is 2.55 bits per heavy atom. The number of amides is 1. The second-order valence-corrected chi connectivity index (χ2v) is 6.34. The van der Waals surface area contributed by atoms with Crippen molar-refractivity contribution in [2.24, 2.45) is 0 Å². The standard InChI is InChI=1S/C17H18BrNO2S/c1-3-21-16-9-6-13(10-15(16)18)17(20)19-11-12-4-7-14(22-2)8-5-12/h4-10H,3,11H2,1-2H3,(H,19,20). The van der Waals surface area contributed by atoms with E-state index in [1.807, 2.05) is 25.3 Å². The van der Waals surface area contributed by atoms with Gasteiger partial charge in [0.1, 0.15) is 5.75 Å². The summed E-state index contributed by atoms with van der Waals surface area (Å²) in [6, 6.07) is 13.5. The van der Waals surface area contributed by atoms with Crippen LogP contribution in [-0.4, -0.2) is 18.8 Å². The van der Waals surface area contributed by atoms with Gasteiger partial charge >= 0.3 is 0 Å². The summed E-state index contributed by atoms with van der Waals surface area (Å²) in [5.41, 5.74) is 1.69. The second-order valence-electron chi connectivity index (χ2n) is 4.61. The van der Waals surface area contributed by atoms with Crippen LogP contribution in [0.2, 0.25) is 0 Å². The topological polar surface area (TPSA) is 38.3 Å². The molecule has 0 saturated heterocycles. The van der Waals surface area contributed by atoms with Crippen molar-refractivity contribution >= 4 is 33.6 Å². The maximum absolute atomic E-state index is 12.2. The van der Waals surface area contributed by atoms with E-state index in [1.165, 1.54) is 4.90 Å². The Hall–Kier alpha value is -1.46. The Labute approximate surface area is 143 Å². The molecule has 0 radical (unpaired) electrons. The molecule has 0 fully saturated rings. The van der Waals surface area contributed by atoms with Gasteiger partial charge in [-0.05, 0) is 65.0 Å². The van der Waals surface area contributed by atoms with Gasteiger partial charge in [0, 0.05) is 17.0 Å². The van der Waals surface area contributed by atoms with Crippen LogP contribution in [0, 0.1) is 0 Å². The first-order chi connectivity index (χ1) is 10.6. The zero-order valence-corrected chi connectivity index (χ0v) is 15.0. The molecule has 0 saturated carbocycles. The van der Waals surface area contributed by atoms with Crippen LogP contribution in [-0.2, 0) is 6.54 Å². The molecule has 1 amide bonds. The van der Waals surface area contributed by atoms with Crippen LogP contribution >= 0.6 is 27.7 Å². The normalized spacial score (nSPS) is 10.3. The molecule has 2 aromatic carbocycles. The van der Waals surface area contributed by atoms with Gasteiger partial charge in [0.2, 0.25) is 0 Å². The van der Waals surface area contributed by atoms with Gasteiger partial charge in [0.15, 0.2) is 0 Å². The summed E-state index contributed by atoms with van der Waals surface area (Å²) in [4.78, 5) is 13.4. The van der Waals surface area contributed by atoms with Crippen LogP contribution in [0.25, 0.3) is 0 Å². The van der Waals surface area contributed by atoms with E-state index in [9.17, 15) is 4.79 Å². The predicted octanol–water partition coefficient (Wildman–Crippen LogP) is 4.50. The third kappa shape index (κ3) is 4.52. The number of carbonyl (C=O) groups is 1. The number of hydrogen-bond donors (Lipinski definition) is 1. The molecule has 0 aliphatic heterocycles. The minimum Gasteiger partial charge on any atom is -0.493 e. The minimum atomic E-state index is -0.0994. The first kappa shape index (κ1) is 16.9. The van der Waals surface area contributed by atoms with Crippen molar-refractivity contribution in [3.8, 4) is 5.75 Å². The first-order valence-electron chi connectivity index (χ1n) is 6.97. The Kier molecular flexibility index (Phi) is 6.34. The fourth-order valence-corrected chi connectivity index (χ4v) is 2.84. The quantitative estimate of drug-likeness (QED) is 0.750. The highest BCUT2D eigenvalue weighted by atomic mass is 79.9. The van der Waals surface area contributed by atoms with Crippen molar-refractivity contribution < 1.29 is 9.53 Å². The van der Waals surface area contributed by atoms with E-state index >= 15 is 0 Å². The van der Waals surface area contributed by atoms with E-state index in [2.05, 4.69) is 33.4 Å². The third-order valence-corrected chi connectivity index (χ3v) is 4.47. The monoisotopic (exact) mass is 379 g/mol. The van der Waals surface area contributed by atoms with Gasteiger partial charge < -0.3 is 10.1 Å². The van der Waals surface area contributed by atoms with Crippen LogP contribution in [0.4, 0.5) is 0 Å². The largest absolute Gasteiger partial charge is 0.493 e. The molecule has 2 aromatic rings. The zero-order chi connectivity index (χ0) is 15.9. The average molecular weight is 380 g/mol. The fourth-order valence-electron chi connectivity index (χ4n) is 1.94.